The number of carbonyl (C=O) groups excluding carboxylic acids is 1. The van der Waals surface area contributed by atoms with Gasteiger partial charge in [0.25, 0.3) is 0 Å². The van der Waals surface area contributed by atoms with E-state index >= 15 is 0 Å². The minimum absolute atomic E-state index is 0.0555. The van der Waals surface area contributed by atoms with Gasteiger partial charge in [-0.1, -0.05) is 17.7 Å². The molecule has 2 aromatic rings. The van der Waals surface area contributed by atoms with Crippen LogP contribution in [0.15, 0.2) is 36.4 Å². The van der Waals surface area contributed by atoms with Gasteiger partial charge >= 0.3 is 6.36 Å². The fraction of sp³-hybridized carbons (Fsp3) is 0.133. The predicted octanol–water partition coefficient (Wildman–Crippen LogP) is 4.06. The van der Waals surface area contributed by atoms with Crippen LogP contribution in [0.4, 0.5) is 18.9 Å². The summed E-state index contributed by atoms with van der Waals surface area (Å²) in [5.41, 5.74) is 5.80. The van der Waals surface area contributed by atoms with Crippen LogP contribution < -0.4 is 15.2 Å². The van der Waals surface area contributed by atoms with Crippen LogP contribution in [-0.4, -0.2) is 19.3 Å². The molecule has 0 saturated heterocycles. The molecule has 0 amide bonds. The van der Waals surface area contributed by atoms with Gasteiger partial charge in [0.05, 0.1) is 12.7 Å². The number of ketones is 1. The van der Waals surface area contributed by atoms with Gasteiger partial charge in [-0.15, -0.1) is 13.2 Å². The summed E-state index contributed by atoms with van der Waals surface area (Å²) in [5, 5.41) is 0.268. The molecule has 2 aromatic carbocycles. The average Bonchev–Trinajstić information content (AvgIpc) is 2.47. The Morgan fingerprint density at radius 3 is 2.48 bits per heavy atom. The molecule has 122 valence electrons. The summed E-state index contributed by atoms with van der Waals surface area (Å²) in [7, 11) is 1.14. The predicted molar refractivity (Wildman–Crippen MR) is 79.0 cm³/mol. The molecule has 0 fully saturated rings. The van der Waals surface area contributed by atoms with E-state index < -0.39 is 17.9 Å². The van der Waals surface area contributed by atoms with E-state index in [4.69, 9.17) is 22.1 Å². The van der Waals surface area contributed by atoms with Crippen molar-refractivity contribution in [2.45, 2.75) is 6.36 Å². The molecular formula is C15H11ClF3NO3. The van der Waals surface area contributed by atoms with E-state index in [0.29, 0.717) is 0 Å². The maximum Gasteiger partial charge on any atom is 0.573 e. The molecular weight excluding hydrogens is 335 g/mol. The van der Waals surface area contributed by atoms with E-state index in [2.05, 4.69) is 4.74 Å². The number of rotatable bonds is 4. The first kappa shape index (κ1) is 17.0. The second kappa shape index (κ2) is 6.37. The Hall–Kier alpha value is -2.41. The molecule has 0 aliphatic rings. The number of nitrogen functional groups attached to an aromatic ring is 1. The Morgan fingerprint density at radius 2 is 1.87 bits per heavy atom. The Bertz CT molecular complexity index is 747. The Kier molecular flexibility index (Phi) is 4.70. The van der Waals surface area contributed by atoms with Crippen molar-refractivity contribution >= 4 is 23.1 Å². The second-order valence-corrected chi connectivity index (χ2v) is 4.88. The van der Waals surface area contributed by atoms with E-state index in [1.807, 2.05) is 0 Å². The fourth-order valence-electron chi connectivity index (χ4n) is 1.98. The summed E-state index contributed by atoms with van der Waals surface area (Å²) in [5.74, 6) is -1.59. The second-order valence-electron chi connectivity index (χ2n) is 4.45. The molecule has 0 aliphatic carbocycles. The van der Waals surface area contributed by atoms with Crippen molar-refractivity contribution in [3.63, 3.8) is 0 Å². The van der Waals surface area contributed by atoms with Crippen LogP contribution in [0.25, 0.3) is 0 Å². The van der Waals surface area contributed by atoms with Gasteiger partial charge in [-0.3, -0.25) is 4.79 Å². The number of halogens is 4. The van der Waals surface area contributed by atoms with Crippen LogP contribution in [0, 0.1) is 0 Å². The first-order chi connectivity index (χ1) is 10.7. The van der Waals surface area contributed by atoms with Crippen LogP contribution in [-0.2, 0) is 0 Å². The van der Waals surface area contributed by atoms with Gasteiger partial charge in [0.1, 0.15) is 0 Å². The normalized spacial score (nSPS) is 11.2. The highest BCUT2D eigenvalue weighted by Gasteiger charge is 2.33. The molecule has 0 heterocycles. The molecule has 2 N–H and O–H groups in total. The van der Waals surface area contributed by atoms with Crippen molar-refractivity contribution in [3.05, 3.63) is 52.5 Å². The summed E-state index contributed by atoms with van der Waals surface area (Å²) in [6, 6.07) is 7.86. The van der Waals surface area contributed by atoms with E-state index in [9.17, 15) is 18.0 Å². The van der Waals surface area contributed by atoms with Gasteiger partial charge in [-0.2, -0.15) is 0 Å². The number of para-hydroxylation sites is 1. The van der Waals surface area contributed by atoms with Crippen molar-refractivity contribution in [1.29, 1.82) is 0 Å². The van der Waals surface area contributed by atoms with Crippen molar-refractivity contribution in [3.8, 4) is 11.5 Å². The van der Waals surface area contributed by atoms with Crippen LogP contribution >= 0.6 is 11.6 Å². The number of carbonyl (C=O) groups is 1. The summed E-state index contributed by atoms with van der Waals surface area (Å²) >= 11 is 5.83. The zero-order chi connectivity index (χ0) is 17.2. The molecule has 0 radical (unpaired) electrons. The van der Waals surface area contributed by atoms with E-state index in [0.717, 1.165) is 13.2 Å². The molecule has 0 aromatic heterocycles. The lowest BCUT2D eigenvalue weighted by atomic mass is 10.0. The summed E-state index contributed by atoms with van der Waals surface area (Å²) in [4.78, 5) is 12.6. The third-order valence-corrected chi connectivity index (χ3v) is 3.15. The molecule has 0 atom stereocenters. The summed E-state index contributed by atoms with van der Waals surface area (Å²) in [6.45, 7) is 0. The number of ether oxygens (including phenoxy) is 2. The molecule has 2 rings (SSSR count). The molecule has 0 saturated carbocycles. The molecule has 0 unspecified atom stereocenters. The van der Waals surface area contributed by atoms with Gasteiger partial charge in [0.2, 0.25) is 0 Å². The lowest BCUT2D eigenvalue weighted by Crippen LogP contribution is -2.18. The lowest BCUT2D eigenvalue weighted by Gasteiger charge is -2.15. The number of alkyl halides is 3. The highest BCUT2D eigenvalue weighted by atomic mass is 35.5. The zero-order valence-electron chi connectivity index (χ0n) is 11.8. The third kappa shape index (κ3) is 3.87. The Balaban J connectivity index is 2.52. The lowest BCUT2D eigenvalue weighted by molar-refractivity contribution is -0.275. The molecule has 23 heavy (non-hydrogen) atoms. The maximum atomic E-state index is 12.6. The standard InChI is InChI=1S/C15H11ClF3NO3/c1-22-14-9(3-2-4-12(14)23-15(17,18)19)13(21)10-7-8(16)5-6-11(10)20/h2-7H,20H2,1H3. The molecule has 0 spiro atoms. The monoisotopic (exact) mass is 345 g/mol. The van der Waals surface area contributed by atoms with Crippen molar-refractivity contribution in [2.24, 2.45) is 0 Å². The Morgan fingerprint density at radius 1 is 1.17 bits per heavy atom. The number of hydrogen-bond donors (Lipinski definition) is 1. The van der Waals surface area contributed by atoms with E-state index in [1.165, 1.54) is 30.3 Å². The molecule has 8 heteroatoms. The van der Waals surface area contributed by atoms with Crippen molar-refractivity contribution < 1.29 is 27.4 Å². The highest BCUT2D eigenvalue weighted by molar-refractivity contribution is 6.31. The van der Waals surface area contributed by atoms with Crippen molar-refractivity contribution in [2.75, 3.05) is 12.8 Å². The average molecular weight is 346 g/mol. The number of benzene rings is 2. The topological polar surface area (TPSA) is 61.5 Å². The fourth-order valence-corrected chi connectivity index (χ4v) is 2.15. The number of hydrogen-bond acceptors (Lipinski definition) is 4. The van der Waals surface area contributed by atoms with Crippen LogP contribution in [0.2, 0.25) is 5.02 Å². The van der Waals surface area contributed by atoms with Crippen LogP contribution in [0.1, 0.15) is 15.9 Å². The zero-order valence-corrected chi connectivity index (χ0v) is 12.5. The molecule has 0 bridgehead atoms. The van der Waals surface area contributed by atoms with Gasteiger partial charge in [0.15, 0.2) is 17.3 Å². The number of anilines is 1. The van der Waals surface area contributed by atoms with E-state index in [1.54, 1.807) is 0 Å². The maximum absolute atomic E-state index is 12.6. The number of methoxy groups -OCH3 is 1. The van der Waals surface area contributed by atoms with Gasteiger partial charge in [0, 0.05) is 16.3 Å². The van der Waals surface area contributed by atoms with Gasteiger partial charge in [-0.05, 0) is 30.3 Å². The number of nitrogens with two attached hydrogens (primary N) is 1. The highest BCUT2D eigenvalue weighted by Crippen LogP contribution is 2.36. The SMILES string of the molecule is COc1c(OC(F)(F)F)cccc1C(=O)c1cc(Cl)ccc1N. The minimum atomic E-state index is -4.91. The molecule has 0 aliphatic heterocycles. The van der Waals surface area contributed by atoms with Crippen molar-refractivity contribution in [1.82, 2.24) is 0 Å². The summed E-state index contributed by atoms with van der Waals surface area (Å²) < 4.78 is 46.1. The van der Waals surface area contributed by atoms with Crippen LogP contribution in [0.5, 0.6) is 11.5 Å². The largest absolute Gasteiger partial charge is 0.573 e. The van der Waals surface area contributed by atoms with Gasteiger partial charge < -0.3 is 15.2 Å². The Labute approximate surface area is 134 Å². The molecule has 4 nitrogen and oxygen atoms in total. The smallest absolute Gasteiger partial charge is 0.492 e. The first-order valence-electron chi connectivity index (χ1n) is 6.25. The first-order valence-corrected chi connectivity index (χ1v) is 6.63. The summed E-state index contributed by atoms with van der Waals surface area (Å²) in [6.07, 6.45) is -4.91. The van der Waals surface area contributed by atoms with Crippen LogP contribution in [0.3, 0.4) is 0 Å². The minimum Gasteiger partial charge on any atom is -0.492 e. The van der Waals surface area contributed by atoms with Gasteiger partial charge in [-0.25, -0.2) is 0 Å². The van der Waals surface area contributed by atoms with E-state index in [-0.39, 0.29) is 27.6 Å². The third-order valence-electron chi connectivity index (χ3n) is 2.91. The quantitative estimate of drug-likeness (QED) is 0.670.